The molecular weight excluding hydrogens is 214 g/mol. The Kier molecular flexibility index (Phi) is 2.96. The number of halogens is 2. The van der Waals surface area contributed by atoms with Gasteiger partial charge in [0.25, 0.3) is 0 Å². The third-order valence-corrected chi connectivity index (χ3v) is 2.78. The molecule has 4 N–H and O–H groups in total. The maximum Gasteiger partial charge on any atom is 0.183 e. The summed E-state index contributed by atoms with van der Waals surface area (Å²) in [5.74, 6) is -1.66. The number of anilines is 2. The van der Waals surface area contributed by atoms with Crippen LogP contribution in [0.1, 0.15) is 12.8 Å². The Morgan fingerprint density at radius 1 is 1.44 bits per heavy atom. The molecule has 5 heteroatoms. The number of rotatable bonds is 4. The maximum absolute atomic E-state index is 13.3. The van der Waals surface area contributed by atoms with Crippen molar-refractivity contribution in [2.75, 3.05) is 17.6 Å². The zero-order chi connectivity index (χ0) is 11.7. The van der Waals surface area contributed by atoms with Crippen LogP contribution in [0.5, 0.6) is 0 Å². The Bertz CT molecular complexity index is 394. The summed E-state index contributed by atoms with van der Waals surface area (Å²) in [6, 6.07) is 2.28. The maximum atomic E-state index is 13.3. The Balaban J connectivity index is 2.05. The van der Waals surface area contributed by atoms with Crippen molar-refractivity contribution in [3.05, 3.63) is 23.8 Å². The molecule has 0 bridgehead atoms. The number of aliphatic hydroxyl groups is 1. The van der Waals surface area contributed by atoms with Gasteiger partial charge in [-0.3, -0.25) is 0 Å². The SMILES string of the molecule is Nc1ccc(F)c(F)c1NCC(O)C1CC1. The van der Waals surface area contributed by atoms with Crippen molar-refractivity contribution >= 4 is 11.4 Å². The van der Waals surface area contributed by atoms with Crippen LogP contribution in [0.25, 0.3) is 0 Å². The molecule has 0 aliphatic heterocycles. The highest BCUT2D eigenvalue weighted by Crippen LogP contribution is 2.33. The van der Waals surface area contributed by atoms with Gasteiger partial charge in [0.05, 0.1) is 17.5 Å². The van der Waals surface area contributed by atoms with Gasteiger partial charge in [-0.15, -0.1) is 0 Å². The van der Waals surface area contributed by atoms with Gasteiger partial charge in [0.1, 0.15) is 0 Å². The molecule has 1 aromatic rings. The molecular formula is C11H14F2N2O. The summed E-state index contributed by atoms with van der Waals surface area (Å²) >= 11 is 0. The van der Waals surface area contributed by atoms with Gasteiger partial charge in [-0.25, -0.2) is 8.78 Å². The number of benzene rings is 1. The molecule has 0 spiro atoms. The van der Waals surface area contributed by atoms with E-state index in [1.54, 1.807) is 0 Å². The predicted octanol–water partition coefficient (Wildman–Crippen LogP) is 1.73. The number of aliphatic hydroxyl groups excluding tert-OH is 1. The average Bonchev–Trinajstić information content (AvgIpc) is 3.07. The van der Waals surface area contributed by atoms with E-state index in [0.29, 0.717) is 0 Å². The summed E-state index contributed by atoms with van der Waals surface area (Å²) in [5, 5.41) is 12.2. The zero-order valence-electron chi connectivity index (χ0n) is 8.71. The van der Waals surface area contributed by atoms with E-state index in [4.69, 9.17) is 5.73 Å². The first-order chi connectivity index (χ1) is 7.59. The highest BCUT2D eigenvalue weighted by molar-refractivity contribution is 5.66. The van der Waals surface area contributed by atoms with E-state index in [9.17, 15) is 13.9 Å². The summed E-state index contributed by atoms with van der Waals surface area (Å²) < 4.78 is 26.3. The second-order valence-corrected chi connectivity index (χ2v) is 4.11. The van der Waals surface area contributed by atoms with Gasteiger partial charge < -0.3 is 16.2 Å². The lowest BCUT2D eigenvalue weighted by atomic mass is 10.2. The van der Waals surface area contributed by atoms with E-state index in [-0.39, 0.29) is 23.8 Å². The fraction of sp³-hybridized carbons (Fsp3) is 0.455. The molecule has 1 fully saturated rings. The zero-order valence-corrected chi connectivity index (χ0v) is 8.71. The first-order valence-electron chi connectivity index (χ1n) is 5.25. The Hall–Kier alpha value is -1.36. The van der Waals surface area contributed by atoms with Crippen LogP contribution >= 0.6 is 0 Å². The Morgan fingerprint density at radius 2 is 2.12 bits per heavy atom. The van der Waals surface area contributed by atoms with Crippen LogP contribution in [0, 0.1) is 17.6 Å². The van der Waals surface area contributed by atoms with Crippen molar-refractivity contribution in [2.24, 2.45) is 5.92 Å². The van der Waals surface area contributed by atoms with Crippen molar-refractivity contribution in [2.45, 2.75) is 18.9 Å². The molecule has 1 aliphatic rings. The van der Waals surface area contributed by atoms with E-state index in [1.165, 1.54) is 6.07 Å². The molecule has 2 rings (SSSR count). The fourth-order valence-corrected chi connectivity index (χ4v) is 1.60. The quantitative estimate of drug-likeness (QED) is 0.688. The van der Waals surface area contributed by atoms with Crippen molar-refractivity contribution in [3.63, 3.8) is 0 Å². The number of hydrogen-bond donors (Lipinski definition) is 3. The molecule has 16 heavy (non-hydrogen) atoms. The molecule has 0 amide bonds. The van der Waals surface area contributed by atoms with Crippen LogP contribution in [0.2, 0.25) is 0 Å². The molecule has 0 heterocycles. The minimum absolute atomic E-state index is 0.0697. The van der Waals surface area contributed by atoms with Crippen LogP contribution in [-0.2, 0) is 0 Å². The van der Waals surface area contributed by atoms with Gasteiger partial charge in [-0.2, -0.15) is 0 Å². The highest BCUT2D eigenvalue weighted by atomic mass is 19.2. The van der Waals surface area contributed by atoms with Crippen LogP contribution < -0.4 is 11.1 Å². The van der Waals surface area contributed by atoms with E-state index in [1.807, 2.05) is 0 Å². The summed E-state index contributed by atoms with van der Waals surface area (Å²) in [7, 11) is 0. The topological polar surface area (TPSA) is 58.3 Å². The van der Waals surface area contributed by atoms with E-state index in [2.05, 4.69) is 5.32 Å². The molecule has 88 valence electrons. The van der Waals surface area contributed by atoms with Gasteiger partial charge in [0.15, 0.2) is 11.6 Å². The first kappa shape index (κ1) is 11.1. The summed E-state index contributed by atoms with van der Waals surface area (Å²) in [6.45, 7) is 0.190. The molecule has 1 atom stereocenters. The van der Waals surface area contributed by atoms with Crippen LogP contribution in [-0.4, -0.2) is 17.8 Å². The summed E-state index contributed by atoms with van der Waals surface area (Å²) in [6.07, 6.45) is 1.45. The first-order valence-corrected chi connectivity index (χ1v) is 5.25. The Labute approximate surface area is 92.3 Å². The molecule has 0 saturated heterocycles. The third-order valence-electron chi connectivity index (χ3n) is 2.78. The molecule has 3 nitrogen and oxygen atoms in total. The standard InChI is InChI=1S/C11H14F2N2O/c12-7-3-4-8(14)11(10(7)13)15-5-9(16)6-1-2-6/h3-4,6,9,15-16H,1-2,5,14H2. The van der Waals surface area contributed by atoms with Crippen molar-refractivity contribution < 1.29 is 13.9 Å². The summed E-state index contributed by atoms with van der Waals surface area (Å²) in [4.78, 5) is 0. The summed E-state index contributed by atoms with van der Waals surface area (Å²) in [5.41, 5.74) is 5.59. The smallest absolute Gasteiger partial charge is 0.183 e. The minimum Gasteiger partial charge on any atom is -0.397 e. The monoisotopic (exact) mass is 228 g/mol. The van der Waals surface area contributed by atoms with Gasteiger partial charge >= 0.3 is 0 Å². The van der Waals surface area contributed by atoms with Gasteiger partial charge in [-0.1, -0.05) is 0 Å². The number of hydrogen-bond acceptors (Lipinski definition) is 3. The molecule has 0 radical (unpaired) electrons. The Morgan fingerprint density at radius 3 is 2.75 bits per heavy atom. The lowest BCUT2D eigenvalue weighted by Crippen LogP contribution is -2.22. The van der Waals surface area contributed by atoms with E-state index < -0.39 is 17.7 Å². The second-order valence-electron chi connectivity index (χ2n) is 4.11. The third kappa shape index (κ3) is 2.24. The molecule has 1 unspecified atom stereocenters. The van der Waals surface area contributed by atoms with Crippen molar-refractivity contribution in [3.8, 4) is 0 Å². The molecule has 1 saturated carbocycles. The van der Waals surface area contributed by atoms with Gasteiger partial charge in [0, 0.05) is 6.54 Å². The predicted molar refractivity (Wildman–Crippen MR) is 58.0 cm³/mol. The van der Waals surface area contributed by atoms with Crippen molar-refractivity contribution in [1.29, 1.82) is 0 Å². The highest BCUT2D eigenvalue weighted by Gasteiger charge is 2.29. The fourth-order valence-electron chi connectivity index (χ4n) is 1.60. The van der Waals surface area contributed by atoms with E-state index >= 15 is 0 Å². The number of nitrogens with two attached hydrogens (primary N) is 1. The van der Waals surface area contributed by atoms with Gasteiger partial charge in [-0.05, 0) is 30.9 Å². The van der Waals surface area contributed by atoms with Crippen LogP contribution in [0.3, 0.4) is 0 Å². The average molecular weight is 228 g/mol. The molecule has 1 aromatic carbocycles. The second kappa shape index (κ2) is 4.25. The van der Waals surface area contributed by atoms with Crippen LogP contribution in [0.4, 0.5) is 20.2 Å². The minimum atomic E-state index is -0.997. The lowest BCUT2D eigenvalue weighted by Gasteiger charge is -2.14. The van der Waals surface area contributed by atoms with E-state index in [0.717, 1.165) is 18.9 Å². The number of nitrogen functional groups attached to an aromatic ring is 1. The number of nitrogens with one attached hydrogen (secondary N) is 1. The molecule has 1 aliphatic carbocycles. The lowest BCUT2D eigenvalue weighted by molar-refractivity contribution is 0.164. The normalized spacial score (nSPS) is 17.2. The largest absolute Gasteiger partial charge is 0.397 e. The van der Waals surface area contributed by atoms with Crippen LogP contribution in [0.15, 0.2) is 12.1 Å². The molecule has 0 aromatic heterocycles. The van der Waals surface area contributed by atoms with Crippen molar-refractivity contribution in [1.82, 2.24) is 0 Å². The van der Waals surface area contributed by atoms with Gasteiger partial charge in [0.2, 0.25) is 0 Å².